The zero-order chi connectivity index (χ0) is 19.1. The lowest BCUT2D eigenvalue weighted by molar-refractivity contribution is 0.302. The van der Waals surface area contributed by atoms with Gasteiger partial charge in [-0.3, -0.25) is 0 Å². The minimum Gasteiger partial charge on any atom is -0.489 e. The molecule has 1 N–H and O–H groups in total. The SMILES string of the molecule is CNCc1cc(-c2ccc(CC(C)C)cc2)ccc1OCc1ccccc1. The minimum atomic E-state index is 0.584. The quantitative estimate of drug-likeness (QED) is 0.545. The first-order valence-electron chi connectivity index (χ1n) is 9.69. The molecule has 0 aliphatic heterocycles. The first-order chi connectivity index (χ1) is 13.2. The van der Waals surface area contributed by atoms with E-state index in [0.29, 0.717) is 12.5 Å². The summed E-state index contributed by atoms with van der Waals surface area (Å²) in [5, 5.41) is 3.25. The molecule has 0 saturated heterocycles. The summed E-state index contributed by atoms with van der Waals surface area (Å²) in [5.74, 6) is 1.62. The molecular weight excluding hydrogens is 330 g/mol. The van der Waals surface area contributed by atoms with Gasteiger partial charge in [0.1, 0.15) is 12.4 Å². The van der Waals surface area contributed by atoms with Crippen LogP contribution in [-0.4, -0.2) is 7.05 Å². The predicted octanol–water partition coefficient (Wildman–Crippen LogP) is 5.85. The van der Waals surface area contributed by atoms with Gasteiger partial charge in [0.15, 0.2) is 0 Å². The van der Waals surface area contributed by atoms with Crippen LogP contribution in [0.2, 0.25) is 0 Å². The molecule has 140 valence electrons. The van der Waals surface area contributed by atoms with E-state index in [0.717, 1.165) is 18.7 Å². The molecule has 3 aromatic carbocycles. The van der Waals surface area contributed by atoms with Crippen molar-refractivity contribution in [2.75, 3.05) is 7.05 Å². The van der Waals surface area contributed by atoms with Crippen molar-refractivity contribution in [1.82, 2.24) is 5.32 Å². The van der Waals surface area contributed by atoms with Crippen molar-refractivity contribution < 1.29 is 4.74 Å². The van der Waals surface area contributed by atoms with Crippen LogP contribution in [0, 0.1) is 5.92 Å². The Bertz CT molecular complexity index is 838. The summed E-state index contributed by atoms with van der Waals surface area (Å²) >= 11 is 0. The van der Waals surface area contributed by atoms with Gasteiger partial charge in [0.25, 0.3) is 0 Å². The largest absolute Gasteiger partial charge is 0.489 e. The molecule has 0 bridgehead atoms. The summed E-state index contributed by atoms with van der Waals surface area (Å²) in [6.07, 6.45) is 1.12. The van der Waals surface area contributed by atoms with E-state index in [1.165, 1.54) is 27.8 Å². The Balaban J connectivity index is 1.78. The molecule has 0 radical (unpaired) electrons. The van der Waals surface area contributed by atoms with Gasteiger partial charge in [-0.25, -0.2) is 0 Å². The summed E-state index contributed by atoms with van der Waals surface area (Å²) in [7, 11) is 1.97. The van der Waals surface area contributed by atoms with E-state index in [4.69, 9.17) is 4.74 Å². The van der Waals surface area contributed by atoms with Crippen molar-refractivity contribution in [2.45, 2.75) is 33.4 Å². The average Bonchev–Trinajstić information content (AvgIpc) is 2.68. The van der Waals surface area contributed by atoms with Crippen molar-refractivity contribution in [3.63, 3.8) is 0 Å². The molecule has 0 amide bonds. The van der Waals surface area contributed by atoms with Gasteiger partial charge in [0.2, 0.25) is 0 Å². The normalized spacial score (nSPS) is 11.0. The Morgan fingerprint density at radius 3 is 2.19 bits per heavy atom. The second-order valence-corrected chi connectivity index (χ2v) is 7.42. The summed E-state index contributed by atoms with van der Waals surface area (Å²) in [6.45, 7) is 5.88. The summed E-state index contributed by atoms with van der Waals surface area (Å²) < 4.78 is 6.09. The maximum absolute atomic E-state index is 6.09. The van der Waals surface area contributed by atoms with Gasteiger partial charge >= 0.3 is 0 Å². The third-order valence-corrected chi connectivity index (χ3v) is 4.60. The van der Waals surface area contributed by atoms with Crippen molar-refractivity contribution >= 4 is 0 Å². The standard InChI is InChI=1S/C25H29NO/c1-19(2)15-20-9-11-22(12-10-20)23-13-14-25(24(16-23)17-26-3)27-18-21-7-5-4-6-8-21/h4-14,16,19,26H,15,17-18H2,1-3H3. The van der Waals surface area contributed by atoms with Gasteiger partial charge in [-0.2, -0.15) is 0 Å². The van der Waals surface area contributed by atoms with Gasteiger partial charge in [0.05, 0.1) is 0 Å². The number of hydrogen-bond acceptors (Lipinski definition) is 2. The van der Waals surface area contributed by atoms with E-state index >= 15 is 0 Å². The van der Waals surface area contributed by atoms with Crippen LogP contribution in [0.15, 0.2) is 72.8 Å². The van der Waals surface area contributed by atoms with Crippen LogP contribution in [-0.2, 0) is 19.6 Å². The first-order valence-corrected chi connectivity index (χ1v) is 9.69. The van der Waals surface area contributed by atoms with Crippen molar-refractivity contribution in [1.29, 1.82) is 0 Å². The molecule has 0 unspecified atom stereocenters. The number of nitrogens with one attached hydrogen (secondary N) is 1. The Kier molecular flexibility index (Phi) is 6.67. The fourth-order valence-corrected chi connectivity index (χ4v) is 3.27. The third kappa shape index (κ3) is 5.45. The molecule has 3 rings (SSSR count). The Morgan fingerprint density at radius 2 is 1.52 bits per heavy atom. The fraction of sp³-hybridized carbons (Fsp3) is 0.280. The lowest BCUT2D eigenvalue weighted by Crippen LogP contribution is -2.08. The highest BCUT2D eigenvalue weighted by molar-refractivity contribution is 5.66. The van der Waals surface area contributed by atoms with Crippen LogP contribution in [0.1, 0.15) is 30.5 Å². The molecular formula is C25H29NO. The second-order valence-electron chi connectivity index (χ2n) is 7.42. The Labute approximate surface area is 163 Å². The van der Waals surface area contributed by atoms with Crippen LogP contribution < -0.4 is 10.1 Å². The molecule has 0 spiro atoms. The number of benzene rings is 3. The summed E-state index contributed by atoms with van der Waals surface area (Å²) in [6, 6.07) is 25.7. The molecule has 2 heteroatoms. The van der Waals surface area contributed by atoms with E-state index < -0.39 is 0 Å². The molecule has 0 heterocycles. The monoisotopic (exact) mass is 359 g/mol. The van der Waals surface area contributed by atoms with Crippen molar-refractivity contribution in [2.24, 2.45) is 5.92 Å². The van der Waals surface area contributed by atoms with Crippen LogP contribution in [0.25, 0.3) is 11.1 Å². The van der Waals surface area contributed by atoms with Gasteiger partial charge in [-0.1, -0.05) is 74.5 Å². The highest BCUT2D eigenvalue weighted by Gasteiger charge is 2.07. The smallest absolute Gasteiger partial charge is 0.124 e. The van der Waals surface area contributed by atoms with Gasteiger partial charge in [-0.15, -0.1) is 0 Å². The lowest BCUT2D eigenvalue weighted by Gasteiger charge is -2.14. The molecule has 2 nitrogen and oxygen atoms in total. The van der Waals surface area contributed by atoms with Crippen LogP contribution >= 0.6 is 0 Å². The maximum atomic E-state index is 6.09. The van der Waals surface area contributed by atoms with Crippen LogP contribution in [0.4, 0.5) is 0 Å². The van der Waals surface area contributed by atoms with E-state index in [-0.39, 0.29) is 0 Å². The molecule has 0 aliphatic rings. The van der Waals surface area contributed by atoms with Crippen LogP contribution in [0.5, 0.6) is 5.75 Å². The van der Waals surface area contributed by atoms with Crippen LogP contribution in [0.3, 0.4) is 0 Å². The molecule has 0 atom stereocenters. The highest BCUT2D eigenvalue weighted by atomic mass is 16.5. The second kappa shape index (κ2) is 9.38. The summed E-state index contributed by atoms with van der Waals surface area (Å²) in [4.78, 5) is 0. The topological polar surface area (TPSA) is 21.3 Å². The lowest BCUT2D eigenvalue weighted by atomic mass is 9.98. The van der Waals surface area contributed by atoms with E-state index in [1.54, 1.807) is 0 Å². The Morgan fingerprint density at radius 1 is 0.815 bits per heavy atom. The first kappa shape index (κ1) is 19.2. The van der Waals surface area contributed by atoms with E-state index in [1.807, 2.05) is 25.2 Å². The van der Waals surface area contributed by atoms with Gasteiger partial charge < -0.3 is 10.1 Å². The molecule has 0 saturated carbocycles. The van der Waals surface area contributed by atoms with E-state index in [9.17, 15) is 0 Å². The third-order valence-electron chi connectivity index (χ3n) is 4.60. The van der Waals surface area contributed by atoms with Crippen molar-refractivity contribution in [3.05, 3.63) is 89.5 Å². The molecule has 0 aromatic heterocycles. The van der Waals surface area contributed by atoms with E-state index in [2.05, 4.69) is 73.8 Å². The highest BCUT2D eigenvalue weighted by Crippen LogP contribution is 2.28. The van der Waals surface area contributed by atoms with Gasteiger partial charge in [0, 0.05) is 12.1 Å². The molecule has 0 aliphatic carbocycles. The zero-order valence-corrected chi connectivity index (χ0v) is 16.5. The zero-order valence-electron chi connectivity index (χ0n) is 16.5. The molecule has 3 aromatic rings. The number of rotatable bonds is 8. The fourth-order valence-electron chi connectivity index (χ4n) is 3.27. The summed E-state index contributed by atoms with van der Waals surface area (Å²) in [5.41, 5.74) is 6.22. The Hall–Kier alpha value is -2.58. The predicted molar refractivity (Wildman–Crippen MR) is 114 cm³/mol. The molecule has 27 heavy (non-hydrogen) atoms. The molecule has 0 fully saturated rings. The maximum Gasteiger partial charge on any atom is 0.124 e. The number of ether oxygens (including phenoxy) is 1. The average molecular weight is 360 g/mol. The van der Waals surface area contributed by atoms with Crippen molar-refractivity contribution in [3.8, 4) is 16.9 Å². The number of hydrogen-bond donors (Lipinski definition) is 1. The van der Waals surface area contributed by atoms with Gasteiger partial charge in [-0.05, 0) is 53.8 Å². The minimum absolute atomic E-state index is 0.584.